The van der Waals surface area contributed by atoms with Crippen molar-refractivity contribution < 1.29 is 34.8 Å². The largest absolute Gasteiger partial charge is 0.508 e. The first-order chi connectivity index (χ1) is 20.7. The van der Waals surface area contributed by atoms with Crippen LogP contribution in [0.5, 0.6) is 11.5 Å². The first kappa shape index (κ1) is 34.0. The Labute approximate surface area is 269 Å². The second-order valence-electron chi connectivity index (χ2n) is 17.2. The molecule has 1 aromatic rings. The van der Waals surface area contributed by atoms with E-state index in [-0.39, 0.29) is 50.8 Å². The van der Waals surface area contributed by atoms with Crippen LogP contribution in [-0.2, 0) is 9.59 Å². The Bertz CT molecular complexity index is 1350. The summed E-state index contributed by atoms with van der Waals surface area (Å²) in [5.74, 6) is 0.317. The number of fused-ring (bicyclic) bond motifs is 7. The van der Waals surface area contributed by atoms with E-state index in [1.807, 2.05) is 0 Å². The van der Waals surface area contributed by atoms with Crippen LogP contribution in [0.4, 0.5) is 0 Å². The lowest BCUT2D eigenvalue weighted by atomic mass is 9.33. The zero-order chi connectivity index (χ0) is 33.4. The van der Waals surface area contributed by atoms with E-state index in [0.717, 1.165) is 44.9 Å². The molecule has 4 saturated carbocycles. The number of aliphatic hydroxyl groups excluding tert-OH is 2. The van der Waals surface area contributed by atoms with Gasteiger partial charge in [-0.2, -0.15) is 0 Å². The van der Waals surface area contributed by atoms with E-state index in [1.165, 1.54) is 36.8 Å². The number of hydrogen-bond acceptors (Lipinski definition) is 6. The standard InChI is InChI=1S/C30H48O4.C8H8O3/c1-25(2)14-15-30(24(33)34)19(16-25)18-8-9-21-27(5)12-11-22(31)26(3,4)20(27)10-13-28(21,6)29(18,7)17-23(30)32;1-6(9)11-8-4-2-7(10)3-5-8/h8,19-23,31-32H,9-17H2,1-7H3,(H,33,34);2-5,10H,1H3. The fourth-order valence-corrected chi connectivity index (χ4v) is 11.4. The number of phenols is 1. The van der Waals surface area contributed by atoms with Gasteiger partial charge in [0.05, 0.1) is 12.2 Å². The fraction of sp³-hybridized carbons (Fsp3) is 0.737. The Morgan fingerprint density at radius 2 is 1.47 bits per heavy atom. The quantitative estimate of drug-likeness (QED) is 0.152. The molecule has 0 amide bonds. The number of benzene rings is 1. The van der Waals surface area contributed by atoms with Gasteiger partial charge >= 0.3 is 11.9 Å². The highest BCUT2D eigenvalue weighted by Crippen LogP contribution is 2.75. The summed E-state index contributed by atoms with van der Waals surface area (Å²) >= 11 is 0. The van der Waals surface area contributed by atoms with E-state index >= 15 is 0 Å². The van der Waals surface area contributed by atoms with Gasteiger partial charge in [0.1, 0.15) is 16.9 Å². The van der Waals surface area contributed by atoms with Crippen LogP contribution in [0.2, 0.25) is 0 Å². The zero-order valence-corrected chi connectivity index (χ0v) is 28.7. The first-order valence-electron chi connectivity index (χ1n) is 17.0. The summed E-state index contributed by atoms with van der Waals surface area (Å²) in [6.45, 7) is 17.7. The number of rotatable bonds is 2. The summed E-state index contributed by atoms with van der Waals surface area (Å²) in [6.07, 6.45) is 9.35. The molecule has 9 atom stereocenters. The molecule has 9 unspecified atom stereocenters. The third-order valence-electron chi connectivity index (χ3n) is 14.2. The lowest BCUT2D eigenvalue weighted by Crippen LogP contribution is -2.67. The van der Waals surface area contributed by atoms with Crippen molar-refractivity contribution in [3.05, 3.63) is 35.9 Å². The van der Waals surface area contributed by atoms with Gasteiger partial charge in [-0.3, -0.25) is 9.59 Å². The lowest BCUT2D eigenvalue weighted by molar-refractivity contribution is -0.218. The number of aromatic hydroxyl groups is 1. The molecule has 45 heavy (non-hydrogen) atoms. The second kappa shape index (κ2) is 11.1. The van der Waals surface area contributed by atoms with E-state index < -0.39 is 17.5 Å². The topological polar surface area (TPSA) is 124 Å². The average molecular weight is 625 g/mol. The highest BCUT2D eigenvalue weighted by molar-refractivity contribution is 5.77. The van der Waals surface area contributed by atoms with Crippen LogP contribution < -0.4 is 4.74 Å². The van der Waals surface area contributed by atoms with Crippen molar-refractivity contribution in [1.29, 1.82) is 0 Å². The third kappa shape index (κ3) is 5.15. The minimum Gasteiger partial charge on any atom is -0.508 e. The minimum atomic E-state index is -1.04. The van der Waals surface area contributed by atoms with Gasteiger partial charge in [-0.15, -0.1) is 0 Å². The van der Waals surface area contributed by atoms with Gasteiger partial charge in [0, 0.05) is 6.92 Å². The summed E-state index contributed by atoms with van der Waals surface area (Å²) in [5, 5.41) is 41.9. The SMILES string of the molecule is CC(=O)Oc1ccc(O)cc1.CC1(C)CCC2(C(=O)O)C(O)CC3(C)C(=CCC4C5(C)CCC(O)C(C)(C)C5CCC43C)C2C1. The highest BCUT2D eigenvalue weighted by atomic mass is 16.5. The number of aliphatic carboxylic acids is 1. The third-order valence-corrected chi connectivity index (χ3v) is 14.2. The number of ether oxygens (including phenoxy) is 1. The molecule has 250 valence electrons. The Morgan fingerprint density at radius 1 is 0.822 bits per heavy atom. The van der Waals surface area contributed by atoms with Gasteiger partial charge in [-0.05, 0) is 127 Å². The Morgan fingerprint density at radius 3 is 2.07 bits per heavy atom. The van der Waals surface area contributed by atoms with Crippen LogP contribution in [0.1, 0.15) is 113 Å². The second-order valence-corrected chi connectivity index (χ2v) is 17.2. The predicted octanol–water partition coefficient (Wildman–Crippen LogP) is 7.52. The van der Waals surface area contributed by atoms with Crippen molar-refractivity contribution in [2.45, 2.75) is 125 Å². The molecule has 4 fully saturated rings. The number of carboxylic acids is 1. The van der Waals surface area contributed by atoms with E-state index in [4.69, 9.17) is 9.84 Å². The predicted molar refractivity (Wildman–Crippen MR) is 173 cm³/mol. The summed E-state index contributed by atoms with van der Waals surface area (Å²) < 4.78 is 4.72. The van der Waals surface area contributed by atoms with Gasteiger partial charge in [0.2, 0.25) is 0 Å². The number of phenolic OH excluding ortho intramolecular Hbond substituents is 1. The van der Waals surface area contributed by atoms with Crippen molar-refractivity contribution in [2.24, 2.45) is 50.2 Å². The summed E-state index contributed by atoms with van der Waals surface area (Å²) in [6, 6.07) is 5.96. The molecule has 1 aromatic carbocycles. The summed E-state index contributed by atoms with van der Waals surface area (Å²) in [5.41, 5.74) is 0.295. The fourth-order valence-electron chi connectivity index (χ4n) is 11.4. The van der Waals surface area contributed by atoms with E-state index in [0.29, 0.717) is 30.4 Å². The molecule has 7 nitrogen and oxygen atoms in total. The zero-order valence-electron chi connectivity index (χ0n) is 28.7. The maximum atomic E-state index is 12.8. The molecule has 0 aromatic heterocycles. The normalized spacial score (nSPS) is 42.6. The van der Waals surface area contributed by atoms with Crippen molar-refractivity contribution in [3.63, 3.8) is 0 Å². The molecular formula is C38H56O7. The molecule has 7 heteroatoms. The van der Waals surface area contributed by atoms with Crippen LogP contribution in [0.15, 0.2) is 35.9 Å². The van der Waals surface area contributed by atoms with E-state index in [9.17, 15) is 24.9 Å². The maximum absolute atomic E-state index is 12.8. The van der Waals surface area contributed by atoms with Crippen molar-refractivity contribution in [1.82, 2.24) is 0 Å². The Balaban J connectivity index is 0.000000309. The van der Waals surface area contributed by atoms with Crippen LogP contribution in [0.3, 0.4) is 0 Å². The number of carboxylic acid groups (broad SMARTS) is 1. The number of hydrogen-bond donors (Lipinski definition) is 4. The van der Waals surface area contributed by atoms with E-state index in [2.05, 4.69) is 54.5 Å². The highest BCUT2D eigenvalue weighted by Gasteiger charge is 2.71. The number of carbonyl (C=O) groups excluding carboxylic acids is 1. The van der Waals surface area contributed by atoms with Crippen LogP contribution in [0.25, 0.3) is 0 Å². The van der Waals surface area contributed by atoms with Crippen LogP contribution >= 0.6 is 0 Å². The van der Waals surface area contributed by atoms with Gasteiger partial charge in [0.15, 0.2) is 0 Å². The molecule has 5 aliphatic carbocycles. The number of allylic oxidation sites excluding steroid dienone is 2. The maximum Gasteiger partial charge on any atom is 0.312 e. The van der Waals surface area contributed by atoms with Gasteiger partial charge in [-0.25, -0.2) is 0 Å². The Hall–Kier alpha value is -2.38. The molecule has 5 aliphatic rings. The average Bonchev–Trinajstić information content (AvgIpc) is 2.92. The van der Waals surface area contributed by atoms with Crippen molar-refractivity contribution in [2.75, 3.05) is 0 Å². The van der Waals surface area contributed by atoms with Crippen molar-refractivity contribution in [3.8, 4) is 11.5 Å². The smallest absolute Gasteiger partial charge is 0.312 e. The van der Waals surface area contributed by atoms with Gasteiger partial charge in [-0.1, -0.05) is 60.1 Å². The Kier molecular flexibility index (Phi) is 8.39. The molecular weight excluding hydrogens is 568 g/mol. The van der Waals surface area contributed by atoms with Crippen LogP contribution in [0, 0.1) is 50.2 Å². The molecule has 4 N–H and O–H groups in total. The molecule has 6 rings (SSSR count). The van der Waals surface area contributed by atoms with Crippen molar-refractivity contribution >= 4 is 11.9 Å². The van der Waals surface area contributed by atoms with Gasteiger partial charge < -0.3 is 25.2 Å². The van der Waals surface area contributed by atoms with Crippen LogP contribution in [-0.4, -0.2) is 44.6 Å². The number of aliphatic hydroxyl groups is 2. The number of carbonyl (C=O) groups is 2. The van der Waals surface area contributed by atoms with Gasteiger partial charge in [0.25, 0.3) is 0 Å². The summed E-state index contributed by atoms with van der Waals surface area (Å²) in [7, 11) is 0. The first-order valence-corrected chi connectivity index (χ1v) is 17.0. The molecule has 0 saturated heterocycles. The molecule has 0 bridgehead atoms. The lowest BCUT2D eigenvalue weighted by Gasteiger charge is -2.71. The molecule has 0 spiro atoms. The number of esters is 1. The summed E-state index contributed by atoms with van der Waals surface area (Å²) in [4.78, 5) is 23.2. The molecule has 0 radical (unpaired) electrons. The van der Waals surface area contributed by atoms with E-state index in [1.54, 1.807) is 0 Å². The molecule has 0 aliphatic heterocycles. The monoisotopic (exact) mass is 624 g/mol. The molecule has 0 heterocycles. The minimum absolute atomic E-state index is 0.0218.